The van der Waals surface area contributed by atoms with Crippen LogP contribution < -0.4 is 5.73 Å². The molecule has 0 radical (unpaired) electrons. The van der Waals surface area contributed by atoms with Gasteiger partial charge in [0.1, 0.15) is 0 Å². The molecule has 0 atom stereocenters. The number of rotatable bonds is 9. The van der Waals surface area contributed by atoms with Gasteiger partial charge in [-0.1, -0.05) is 25.1 Å². The number of nitrogens with zero attached hydrogens (tertiary/aromatic N) is 1. The smallest absolute Gasteiger partial charge is 0.0923 e. The Labute approximate surface area is 179 Å². The highest BCUT2D eigenvalue weighted by atomic mass is 16.3. The van der Waals surface area contributed by atoms with E-state index in [1.54, 1.807) is 0 Å². The van der Waals surface area contributed by atoms with E-state index >= 15 is 0 Å². The third-order valence-electron chi connectivity index (χ3n) is 5.14. The van der Waals surface area contributed by atoms with Crippen LogP contribution >= 0.6 is 0 Å². The number of fused-ring (bicyclic) bond motifs is 1. The molecule has 0 fully saturated rings. The van der Waals surface area contributed by atoms with Crippen LogP contribution in [-0.4, -0.2) is 39.1 Å². The number of unbranched alkanes of at least 4 members (excludes halogenated alkanes) is 2. The van der Waals surface area contributed by atoms with Crippen LogP contribution in [0.15, 0.2) is 36.4 Å². The molecule has 6 nitrogen and oxygen atoms in total. The van der Waals surface area contributed by atoms with E-state index in [9.17, 15) is 0 Å². The molecule has 0 aliphatic rings. The van der Waals surface area contributed by atoms with Gasteiger partial charge in [0.25, 0.3) is 0 Å². The topological polar surface area (TPSA) is 127 Å². The molecule has 0 aliphatic heterocycles. The van der Waals surface area contributed by atoms with Crippen molar-refractivity contribution in [3.05, 3.63) is 58.8 Å². The molecule has 7 N–H and O–H groups in total. The Morgan fingerprint density at radius 3 is 2.10 bits per heavy atom. The number of nitrogens with one attached hydrogen (secondary N) is 1. The maximum Gasteiger partial charge on any atom is 0.0923 e. The van der Waals surface area contributed by atoms with Crippen LogP contribution in [0.4, 0.5) is 5.69 Å². The van der Waals surface area contributed by atoms with Crippen molar-refractivity contribution < 1.29 is 15.7 Å². The number of aromatic amines is 1. The zero-order valence-corrected chi connectivity index (χ0v) is 18.2. The summed E-state index contributed by atoms with van der Waals surface area (Å²) >= 11 is 0. The van der Waals surface area contributed by atoms with Gasteiger partial charge in [0.2, 0.25) is 0 Å². The summed E-state index contributed by atoms with van der Waals surface area (Å²) in [6.07, 6.45) is 6.89. The number of aryl methyl sites for hydroxylation is 4. The molecule has 0 unspecified atom stereocenters. The number of aromatic nitrogens is 2. The number of nitrogen functional groups attached to an aromatic ring is 1. The Balaban J connectivity index is 0.000000291. The minimum atomic E-state index is 0. The Morgan fingerprint density at radius 2 is 1.50 bits per heavy atom. The average Bonchev–Trinajstić information content (AvgIpc) is 3.10. The maximum atomic E-state index is 8.71. The van der Waals surface area contributed by atoms with Crippen LogP contribution in [0, 0.1) is 6.92 Å². The van der Waals surface area contributed by atoms with Crippen LogP contribution in [0.3, 0.4) is 0 Å². The summed E-state index contributed by atoms with van der Waals surface area (Å²) in [5, 5.41) is 25.8. The molecule has 0 bridgehead atoms. The molecule has 30 heavy (non-hydrogen) atoms. The molecule has 0 amide bonds. The maximum absolute atomic E-state index is 8.71. The first-order valence-electron chi connectivity index (χ1n) is 10.6. The SMILES string of the molecule is CCc1cc(CCCCO)ccc1N.Cc1[nH]nc2ccc(CCCCO)cc12.O. The number of benzene rings is 2. The number of aliphatic hydroxyl groups excluding tert-OH is 2. The second-order valence-corrected chi connectivity index (χ2v) is 7.45. The highest BCUT2D eigenvalue weighted by Gasteiger charge is 2.02. The van der Waals surface area contributed by atoms with Crippen molar-refractivity contribution in [3.8, 4) is 0 Å². The van der Waals surface area contributed by atoms with E-state index in [1.165, 1.54) is 22.1 Å². The summed E-state index contributed by atoms with van der Waals surface area (Å²) in [5.41, 5.74) is 12.7. The first-order chi connectivity index (χ1) is 14.1. The Kier molecular flexibility index (Phi) is 11.7. The van der Waals surface area contributed by atoms with Crippen molar-refractivity contribution in [3.63, 3.8) is 0 Å². The predicted octanol–water partition coefficient (Wildman–Crippen LogP) is 3.51. The van der Waals surface area contributed by atoms with Crippen LogP contribution in [0.25, 0.3) is 10.9 Å². The molecular weight excluding hydrogens is 378 g/mol. The van der Waals surface area contributed by atoms with Crippen molar-refractivity contribution in [1.82, 2.24) is 10.2 Å². The summed E-state index contributed by atoms with van der Waals surface area (Å²) < 4.78 is 0. The fourth-order valence-electron chi connectivity index (χ4n) is 3.34. The van der Waals surface area contributed by atoms with Gasteiger partial charge in [-0.15, -0.1) is 0 Å². The Hall–Kier alpha value is -2.41. The van der Waals surface area contributed by atoms with E-state index in [2.05, 4.69) is 41.4 Å². The van der Waals surface area contributed by atoms with E-state index in [1.807, 2.05) is 19.1 Å². The zero-order valence-electron chi connectivity index (χ0n) is 18.2. The lowest BCUT2D eigenvalue weighted by atomic mass is 10.0. The minimum Gasteiger partial charge on any atom is -0.412 e. The zero-order chi connectivity index (χ0) is 21.1. The molecule has 0 spiro atoms. The molecular formula is C24H37N3O3. The molecule has 3 rings (SSSR count). The van der Waals surface area contributed by atoms with Gasteiger partial charge in [-0.25, -0.2) is 0 Å². The lowest BCUT2D eigenvalue weighted by Crippen LogP contribution is -1.95. The average molecular weight is 416 g/mol. The van der Waals surface area contributed by atoms with Gasteiger partial charge in [-0.2, -0.15) is 5.10 Å². The second-order valence-electron chi connectivity index (χ2n) is 7.45. The van der Waals surface area contributed by atoms with Crippen molar-refractivity contribution >= 4 is 16.6 Å². The summed E-state index contributed by atoms with van der Waals surface area (Å²) in [5.74, 6) is 0. The van der Waals surface area contributed by atoms with E-state index in [4.69, 9.17) is 15.9 Å². The summed E-state index contributed by atoms with van der Waals surface area (Å²) in [6.45, 7) is 4.72. The highest BCUT2D eigenvalue weighted by molar-refractivity contribution is 5.81. The van der Waals surface area contributed by atoms with E-state index in [0.29, 0.717) is 0 Å². The monoisotopic (exact) mass is 415 g/mol. The summed E-state index contributed by atoms with van der Waals surface area (Å²) in [4.78, 5) is 0. The molecule has 0 saturated carbocycles. The molecule has 2 aromatic carbocycles. The Morgan fingerprint density at radius 1 is 0.900 bits per heavy atom. The molecule has 0 aliphatic carbocycles. The van der Waals surface area contributed by atoms with Crippen LogP contribution in [0.5, 0.6) is 0 Å². The van der Waals surface area contributed by atoms with E-state index in [-0.39, 0.29) is 18.7 Å². The predicted molar refractivity (Wildman–Crippen MR) is 125 cm³/mol. The first kappa shape index (κ1) is 25.6. The lowest BCUT2D eigenvalue weighted by molar-refractivity contribution is 0.284. The first-order valence-corrected chi connectivity index (χ1v) is 10.6. The van der Waals surface area contributed by atoms with Crippen LogP contribution in [0.1, 0.15) is 55.0 Å². The largest absolute Gasteiger partial charge is 0.412 e. The van der Waals surface area contributed by atoms with Gasteiger partial charge in [0, 0.05) is 30.0 Å². The summed E-state index contributed by atoms with van der Waals surface area (Å²) in [7, 11) is 0. The fourth-order valence-corrected chi connectivity index (χ4v) is 3.34. The van der Waals surface area contributed by atoms with Gasteiger partial charge in [0.05, 0.1) is 5.52 Å². The number of hydrogen-bond acceptors (Lipinski definition) is 4. The number of H-pyrrole nitrogens is 1. The van der Waals surface area contributed by atoms with Crippen molar-refractivity contribution in [2.75, 3.05) is 18.9 Å². The van der Waals surface area contributed by atoms with Gasteiger partial charge >= 0.3 is 0 Å². The van der Waals surface area contributed by atoms with Gasteiger partial charge in [-0.3, -0.25) is 5.10 Å². The lowest BCUT2D eigenvalue weighted by Gasteiger charge is -2.06. The van der Waals surface area contributed by atoms with Gasteiger partial charge < -0.3 is 21.4 Å². The van der Waals surface area contributed by atoms with Gasteiger partial charge in [-0.05, 0) is 86.8 Å². The van der Waals surface area contributed by atoms with Crippen molar-refractivity contribution in [1.29, 1.82) is 0 Å². The molecule has 0 saturated heterocycles. The molecule has 6 heteroatoms. The van der Waals surface area contributed by atoms with Gasteiger partial charge in [0.15, 0.2) is 0 Å². The van der Waals surface area contributed by atoms with Crippen molar-refractivity contribution in [2.45, 2.75) is 58.8 Å². The Bertz CT molecular complexity index is 877. The van der Waals surface area contributed by atoms with Crippen LogP contribution in [-0.2, 0) is 19.3 Å². The third kappa shape index (κ3) is 7.78. The number of hydrogen-bond donors (Lipinski definition) is 4. The fraction of sp³-hybridized carbons (Fsp3) is 0.458. The molecule has 1 heterocycles. The van der Waals surface area contributed by atoms with E-state index < -0.39 is 0 Å². The second kappa shape index (κ2) is 13.7. The molecule has 3 aromatic rings. The number of aliphatic hydroxyl groups is 2. The van der Waals surface area contributed by atoms with E-state index in [0.717, 1.165) is 61.8 Å². The standard InChI is InChI=1S/C12H16N2O.C12H19NO.H2O/c1-9-11-8-10(4-2-3-7-15)5-6-12(11)14-13-9;1-2-11-9-10(5-3-4-8-14)6-7-12(11)13;/h5-6,8,15H,2-4,7H2,1H3,(H,13,14);6-7,9,14H,2-5,8,13H2,1H3;1H2. The van der Waals surface area contributed by atoms with Crippen molar-refractivity contribution in [2.24, 2.45) is 0 Å². The molecule has 166 valence electrons. The third-order valence-corrected chi connectivity index (χ3v) is 5.14. The quantitative estimate of drug-likeness (QED) is 0.315. The highest BCUT2D eigenvalue weighted by Crippen LogP contribution is 2.18. The minimum absolute atomic E-state index is 0. The normalized spacial score (nSPS) is 10.4. The van der Waals surface area contributed by atoms with Crippen LogP contribution in [0.2, 0.25) is 0 Å². The number of nitrogens with two attached hydrogens (primary N) is 1. The molecule has 1 aromatic heterocycles. The summed E-state index contributed by atoms with van der Waals surface area (Å²) in [6, 6.07) is 12.6. The number of anilines is 1.